The van der Waals surface area contributed by atoms with Gasteiger partial charge in [-0.15, -0.1) is 0 Å². The molecular formula is C27H26Cl2IN3O5. The zero-order valence-electron chi connectivity index (χ0n) is 20.7. The van der Waals surface area contributed by atoms with Gasteiger partial charge in [0.25, 0.3) is 0 Å². The highest BCUT2D eigenvalue weighted by molar-refractivity contribution is 14.1. The first-order valence-corrected chi connectivity index (χ1v) is 13.4. The van der Waals surface area contributed by atoms with Gasteiger partial charge in [-0.3, -0.25) is 9.59 Å². The van der Waals surface area contributed by atoms with Crippen LogP contribution < -0.4 is 25.0 Å². The minimum atomic E-state index is -0.385. The lowest BCUT2D eigenvalue weighted by Gasteiger charge is -2.14. The standard InChI is InChI=1S/C27H26Cl2IN3O5/c1-3-37-21-8-6-20(7-9-21)32-25(34)10-11-26(35)33-31-15-17-12-23(30)27(24(13-17)36-2)38-16-18-4-5-19(28)14-22(18)29/h4-9,12-15H,3,10-11,16H2,1-2H3,(H,32,34)(H,33,35). The molecule has 0 bridgehead atoms. The number of carbonyl (C=O) groups excluding carboxylic acids is 2. The third-order valence-electron chi connectivity index (χ3n) is 5.07. The Morgan fingerprint density at radius 3 is 2.42 bits per heavy atom. The van der Waals surface area contributed by atoms with E-state index in [0.717, 1.165) is 14.9 Å². The number of carbonyl (C=O) groups is 2. The highest BCUT2D eigenvalue weighted by atomic mass is 127. The molecule has 3 rings (SSSR count). The van der Waals surface area contributed by atoms with Crippen molar-refractivity contribution >= 4 is 69.5 Å². The predicted molar refractivity (Wildman–Crippen MR) is 158 cm³/mol. The second-order valence-electron chi connectivity index (χ2n) is 7.86. The summed E-state index contributed by atoms with van der Waals surface area (Å²) in [5.41, 5.74) is 4.54. The number of hydrazone groups is 1. The minimum absolute atomic E-state index is 0.0128. The molecule has 200 valence electrons. The van der Waals surface area contributed by atoms with Gasteiger partial charge in [0.15, 0.2) is 11.5 Å². The molecule has 0 radical (unpaired) electrons. The number of anilines is 1. The molecule has 0 aliphatic carbocycles. The summed E-state index contributed by atoms with van der Waals surface area (Å²) < 4.78 is 17.6. The molecule has 3 aromatic carbocycles. The number of rotatable bonds is 12. The van der Waals surface area contributed by atoms with Gasteiger partial charge >= 0.3 is 0 Å². The van der Waals surface area contributed by atoms with E-state index in [9.17, 15) is 9.59 Å². The number of ether oxygens (including phenoxy) is 3. The second-order valence-corrected chi connectivity index (χ2v) is 9.86. The monoisotopic (exact) mass is 669 g/mol. The van der Waals surface area contributed by atoms with Gasteiger partial charge in [0, 0.05) is 34.1 Å². The van der Waals surface area contributed by atoms with Crippen molar-refractivity contribution < 1.29 is 23.8 Å². The number of nitrogens with zero attached hydrogens (tertiary/aromatic N) is 1. The summed E-state index contributed by atoms with van der Waals surface area (Å²) in [6.07, 6.45) is 1.49. The molecule has 0 spiro atoms. The molecule has 0 aromatic heterocycles. The maximum Gasteiger partial charge on any atom is 0.240 e. The van der Waals surface area contributed by atoms with Crippen LogP contribution in [0.5, 0.6) is 17.2 Å². The Bertz CT molecular complexity index is 1300. The molecule has 0 fully saturated rings. The Hall–Kier alpha value is -3.02. The summed E-state index contributed by atoms with van der Waals surface area (Å²) in [4.78, 5) is 24.3. The van der Waals surface area contributed by atoms with Crippen LogP contribution in [-0.2, 0) is 16.2 Å². The largest absolute Gasteiger partial charge is 0.494 e. The Morgan fingerprint density at radius 2 is 1.74 bits per heavy atom. The van der Waals surface area contributed by atoms with Crippen molar-refractivity contribution in [2.75, 3.05) is 19.0 Å². The van der Waals surface area contributed by atoms with Crippen LogP contribution >= 0.6 is 45.8 Å². The average Bonchev–Trinajstić information content (AvgIpc) is 2.89. The second kappa shape index (κ2) is 14.8. The van der Waals surface area contributed by atoms with Gasteiger partial charge < -0.3 is 19.5 Å². The molecule has 3 aromatic rings. The van der Waals surface area contributed by atoms with Gasteiger partial charge in [0.05, 0.1) is 23.5 Å². The number of hydrogen-bond acceptors (Lipinski definition) is 6. The Labute approximate surface area is 244 Å². The van der Waals surface area contributed by atoms with Crippen molar-refractivity contribution in [3.63, 3.8) is 0 Å². The maximum atomic E-state index is 12.1. The molecule has 0 aliphatic rings. The smallest absolute Gasteiger partial charge is 0.240 e. The molecule has 2 amide bonds. The molecule has 0 atom stereocenters. The summed E-state index contributed by atoms with van der Waals surface area (Å²) in [6, 6.07) is 15.8. The quantitative estimate of drug-likeness (QED) is 0.131. The van der Waals surface area contributed by atoms with Crippen LogP contribution in [0.3, 0.4) is 0 Å². The molecule has 38 heavy (non-hydrogen) atoms. The van der Waals surface area contributed by atoms with E-state index in [4.69, 9.17) is 37.4 Å². The molecule has 0 unspecified atom stereocenters. The Balaban J connectivity index is 1.50. The topological polar surface area (TPSA) is 98.2 Å². The van der Waals surface area contributed by atoms with E-state index in [-0.39, 0.29) is 31.3 Å². The first-order chi connectivity index (χ1) is 18.3. The van der Waals surface area contributed by atoms with Gasteiger partial charge in [-0.25, -0.2) is 5.43 Å². The lowest BCUT2D eigenvalue weighted by molar-refractivity contribution is -0.124. The first-order valence-electron chi connectivity index (χ1n) is 11.6. The third-order valence-corrected chi connectivity index (χ3v) is 6.46. The lowest BCUT2D eigenvalue weighted by Crippen LogP contribution is -2.20. The van der Waals surface area contributed by atoms with Crippen LogP contribution in [0, 0.1) is 3.57 Å². The SMILES string of the molecule is CCOc1ccc(NC(=O)CCC(=O)NN=Cc2cc(I)c(OCc3ccc(Cl)cc3Cl)c(OC)c2)cc1. The van der Waals surface area contributed by atoms with E-state index in [1.54, 1.807) is 48.5 Å². The Kier molecular flexibility index (Phi) is 11.5. The summed E-state index contributed by atoms with van der Waals surface area (Å²) in [7, 11) is 1.54. The summed E-state index contributed by atoms with van der Waals surface area (Å²) in [5, 5.41) is 7.80. The van der Waals surface area contributed by atoms with Crippen LogP contribution in [-0.4, -0.2) is 31.7 Å². The predicted octanol–water partition coefficient (Wildman–Crippen LogP) is 6.45. The van der Waals surface area contributed by atoms with Crippen LogP contribution in [0.25, 0.3) is 0 Å². The van der Waals surface area contributed by atoms with E-state index in [1.165, 1.54) is 13.3 Å². The molecule has 0 saturated heterocycles. The number of amides is 2. The summed E-state index contributed by atoms with van der Waals surface area (Å²) in [5.74, 6) is 1.12. The van der Waals surface area contributed by atoms with Gasteiger partial charge in [-0.2, -0.15) is 5.10 Å². The number of hydrogen-bond donors (Lipinski definition) is 2. The van der Waals surface area contributed by atoms with Crippen molar-refractivity contribution in [3.05, 3.63) is 79.3 Å². The summed E-state index contributed by atoms with van der Waals surface area (Å²) >= 11 is 14.3. The van der Waals surface area contributed by atoms with Crippen LogP contribution in [0.1, 0.15) is 30.9 Å². The fraction of sp³-hybridized carbons (Fsp3) is 0.222. The normalized spacial score (nSPS) is 10.8. The van der Waals surface area contributed by atoms with Gasteiger partial charge in [0.2, 0.25) is 11.8 Å². The molecule has 2 N–H and O–H groups in total. The zero-order chi connectivity index (χ0) is 27.5. The van der Waals surface area contributed by atoms with Crippen molar-refractivity contribution in [3.8, 4) is 17.2 Å². The van der Waals surface area contributed by atoms with Crippen LogP contribution in [0.2, 0.25) is 10.0 Å². The van der Waals surface area contributed by atoms with Crippen molar-refractivity contribution in [2.45, 2.75) is 26.4 Å². The van der Waals surface area contributed by atoms with Crippen molar-refractivity contribution in [1.82, 2.24) is 5.43 Å². The number of benzene rings is 3. The van der Waals surface area contributed by atoms with E-state index in [2.05, 4.69) is 38.4 Å². The molecule has 0 aliphatic heterocycles. The van der Waals surface area contributed by atoms with Crippen molar-refractivity contribution in [1.29, 1.82) is 0 Å². The molecule has 11 heteroatoms. The fourth-order valence-electron chi connectivity index (χ4n) is 3.23. The highest BCUT2D eigenvalue weighted by Gasteiger charge is 2.13. The fourth-order valence-corrected chi connectivity index (χ4v) is 4.47. The maximum absolute atomic E-state index is 12.1. The van der Waals surface area contributed by atoms with Crippen LogP contribution in [0.15, 0.2) is 59.7 Å². The number of methoxy groups -OCH3 is 1. The molecule has 8 nitrogen and oxygen atoms in total. The first kappa shape index (κ1) is 29.5. The highest BCUT2D eigenvalue weighted by Crippen LogP contribution is 2.35. The zero-order valence-corrected chi connectivity index (χ0v) is 24.4. The average molecular weight is 670 g/mol. The van der Waals surface area contributed by atoms with Gasteiger partial charge in [-0.1, -0.05) is 29.3 Å². The number of halogens is 3. The van der Waals surface area contributed by atoms with Gasteiger partial charge in [0.1, 0.15) is 12.4 Å². The van der Waals surface area contributed by atoms with E-state index < -0.39 is 0 Å². The lowest BCUT2D eigenvalue weighted by atomic mass is 10.2. The minimum Gasteiger partial charge on any atom is -0.494 e. The molecular weight excluding hydrogens is 644 g/mol. The summed E-state index contributed by atoms with van der Waals surface area (Å²) in [6.45, 7) is 2.70. The van der Waals surface area contributed by atoms with Gasteiger partial charge in [-0.05, 0) is 83.6 Å². The molecule has 0 saturated carbocycles. The van der Waals surface area contributed by atoms with Crippen molar-refractivity contribution in [2.24, 2.45) is 5.10 Å². The van der Waals surface area contributed by atoms with Crippen LogP contribution in [0.4, 0.5) is 5.69 Å². The van der Waals surface area contributed by atoms with E-state index in [1.807, 2.05) is 13.0 Å². The molecule has 0 heterocycles. The van der Waals surface area contributed by atoms with E-state index in [0.29, 0.717) is 39.4 Å². The number of nitrogens with one attached hydrogen (secondary N) is 2. The Morgan fingerprint density at radius 1 is 1.00 bits per heavy atom. The third kappa shape index (κ3) is 9.07. The van der Waals surface area contributed by atoms with E-state index >= 15 is 0 Å².